The maximum Gasteiger partial charge on any atom is 0.305 e. The van der Waals surface area contributed by atoms with Crippen molar-refractivity contribution in [3.8, 4) is 0 Å². The van der Waals surface area contributed by atoms with Gasteiger partial charge >= 0.3 is 23.9 Å². The number of hydrogen-bond acceptors (Lipinski definition) is 9. The lowest BCUT2D eigenvalue weighted by molar-refractivity contribution is -0.141. The van der Waals surface area contributed by atoms with Gasteiger partial charge in [-0.05, 0) is 89.9 Å². The minimum Gasteiger partial charge on any atom is -0.469 e. The van der Waals surface area contributed by atoms with Gasteiger partial charge in [0.25, 0.3) is 0 Å². The predicted molar refractivity (Wildman–Crippen MR) is 376 cm³/mol. The van der Waals surface area contributed by atoms with Crippen molar-refractivity contribution in [1.29, 1.82) is 0 Å². The minimum absolute atomic E-state index is 0.0651. The Morgan fingerprint density at radius 2 is 0.402 bits per heavy atom. The van der Waals surface area contributed by atoms with Gasteiger partial charge < -0.3 is 23.7 Å². The number of allylic oxidation sites excluding steroid dienone is 4. The smallest absolute Gasteiger partial charge is 0.305 e. The molecule has 0 aliphatic carbocycles. The van der Waals surface area contributed by atoms with E-state index in [2.05, 4.69) is 70.9 Å². The van der Waals surface area contributed by atoms with E-state index in [0.717, 1.165) is 64.2 Å². The topological polar surface area (TPSA) is 122 Å². The van der Waals surface area contributed by atoms with Crippen LogP contribution in [-0.4, -0.2) is 58.6 Å². The van der Waals surface area contributed by atoms with Crippen LogP contribution in [0.15, 0.2) is 24.3 Å². The van der Waals surface area contributed by atoms with Gasteiger partial charge in [-0.2, -0.15) is 0 Å². The van der Waals surface area contributed by atoms with Gasteiger partial charge in [-0.3, -0.25) is 19.2 Å². The predicted octanol–water partition coefficient (Wildman–Crippen LogP) is 25.1. The van der Waals surface area contributed by atoms with Crippen LogP contribution in [0.3, 0.4) is 0 Å². The number of carbonyl (C=O) groups is 5. The molecule has 0 saturated carbocycles. The standard InChI is InChI=1S/C21H40O3.C19H38O2.2C19H36O2/c1-3-4-5-6-7-10-13-16-20(19-22)17-14-11-8-9-12-15-18-21(23)24-2;3*1-3-4-5-6-7-8-9-10-11-12-13-14-15-16-17-18-19(20)21-2/h19-20H,3-18H2,1-2H3;3-18H2,1-2H3;2*10-11H,3-9,12-18H2,1-2H3/b;;11-10+;11-10-. The third-order valence-corrected chi connectivity index (χ3v) is 16.8. The van der Waals surface area contributed by atoms with Crippen LogP contribution in [0.25, 0.3) is 0 Å². The third-order valence-electron chi connectivity index (χ3n) is 16.8. The lowest BCUT2D eigenvalue weighted by atomic mass is 9.95. The molecule has 0 aromatic rings. The van der Waals surface area contributed by atoms with Gasteiger partial charge in [0.05, 0.1) is 28.4 Å². The number of unbranched alkanes of at least 4 members (excludes halogenated alkanes) is 47. The Hall–Kier alpha value is -2.97. The average molecular weight is 1230 g/mol. The molecule has 0 spiro atoms. The molecule has 516 valence electrons. The molecule has 0 aromatic heterocycles. The molecule has 9 nitrogen and oxygen atoms in total. The molecule has 0 aromatic carbocycles. The van der Waals surface area contributed by atoms with E-state index < -0.39 is 0 Å². The highest BCUT2D eigenvalue weighted by molar-refractivity contribution is 5.70. The molecule has 87 heavy (non-hydrogen) atoms. The summed E-state index contributed by atoms with van der Waals surface area (Å²) in [6.07, 6.45) is 84.8. The SMILES string of the molecule is CCCCCCCC/C=C/CCCCCCCC(=O)OC.CCCCCCCC/C=C\CCCCCCCC(=O)OC.CCCCCCCCCC(C=O)CCCCCCCCC(=O)OC.CCCCCCCCCCCCCCCCCC(=O)OC. The number of ether oxygens (including phenoxy) is 4. The minimum atomic E-state index is -0.103. The first-order valence-electron chi connectivity index (χ1n) is 37.7. The Balaban J connectivity index is -0.000000529. The van der Waals surface area contributed by atoms with E-state index >= 15 is 0 Å². The first-order chi connectivity index (χ1) is 42.7. The van der Waals surface area contributed by atoms with Crippen LogP contribution in [0.1, 0.15) is 413 Å². The molecule has 0 amide bonds. The van der Waals surface area contributed by atoms with E-state index in [9.17, 15) is 24.0 Å². The molecule has 9 heteroatoms. The van der Waals surface area contributed by atoms with E-state index in [1.54, 1.807) is 0 Å². The highest BCUT2D eigenvalue weighted by Gasteiger charge is 2.08. The second-order valence-corrected chi connectivity index (χ2v) is 25.1. The van der Waals surface area contributed by atoms with Crippen molar-refractivity contribution in [2.45, 2.75) is 413 Å². The van der Waals surface area contributed by atoms with Gasteiger partial charge in [0, 0.05) is 31.6 Å². The van der Waals surface area contributed by atoms with Crippen molar-refractivity contribution in [2.75, 3.05) is 28.4 Å². The molecule has 0 saturated heterocycles. The number of methoxy groups -OCH3 is 4. The molecule has 0 rings (SSSR count). The molecule has 1 unspecified atom stereocenters. The Morgan fingerprint density at radius 1 is 0.241 bits per heavy atom. The highest BCUT2D eigenvalue weighted by atomic mass is 16.5. The van der Waals surface area contributed by atoms with Crippen molar-refractivity contribution in [3.05, 3.63) is 24.3 Å². The second kappa shape index (κ2) is 85.1. The van der Waals surface area contributed by atoms with Crippen molar-refractivity contribution in [1.82, 2.24) is 0 Å². The summed E-state index contributed by atoms with van der Waals surface area (Å²) in [7, 11) is 5.82. The second-order valence-electron chi connectivity index (χ2n) is 25.1. The Kier molecular flexibility index (Phi) is 88.5. The van der Waals surface area contributed by atoms with Crippen LogP contribution in [-0.2, 0) is 42.9 Å². The number of aldehydes is 1. The fourth-order valence-electron chi connectivity index (χ4n) is 10.8. The van der Waals surface area contributed by atoms with Crippen LogP contribution < -0.4 is 0 Å². The van der Waals surface area contributed by atoms with Gasteiger partial charge in [0.1, 0.15) is 6.29 Å². The van der Waals surface area contributed by atoms with Crippen LogP contribution >= 0.6 is 0 Å². The van der Waals surface area contributed by atoms with Gasteiger partial charge in [-0.25, -0.2) is 0 Å². The lowest BCUT2D eigenvalue weighted by Crippen LogP contribution is -2.02. The molecule has 0 bridgehead atoms. The van der Waals surface area contributed by atoms with E-state index in [4.69, 9.17) is 0 Å². The number of hydrogen-bond donors (Lipinski definition) is 0. The van der Waals surface area contributed by atoms with Crippen molar-refractivity contribution in [2.24, 2.45) is 5.92 Å². The number of esters is 4. The molecular formula is C78H150O9. The monoisotopic (exact) mass is 1230 g/mol. The van der Waals surface area contributed by atoms with Gasteiger partial charge in [0.2, 0.25) is 0 Å². The van der Waals surface area contributed by atoms with Gasteiger partial charge in [-0.1, -0.05) is 322 Å². The number of carbonyl (C=O) groups excluding carboxylic acids is 5. The Morgan fingerprint density at radius 3 is 0.575 bits per heavy atom. The van der Waals surface area contributed by atoms with Crippen LogP contribution in [0.4, 0.5) is 0 Å². The normalized spacial score (nSPS) is 11.3. The lowest BCUT2D eigenvalue weighted by Gasteiger charge is -2.10. The summed E-state index contributed by atoms with van der Waals surface area (Å²) in [4.78, 5) is 54.9. The largest absolute Gasteiger partial charge is 0.469 e. The first kappa shape index (κ1) is 90.4. The quantitative estimate of drug-likeness (QED) is 0.0193. The van der Waals surface area contributed by atoms with Crippen LogP contribution in [0.5, 0.6) is 0 Å². The van der Waals surface area contributed by atoms with Gasteiger partial charge in [0.15, 0.2) is 0 Å². The molecule has 0 fully saturated rings. The van der Waals surface area contributed by atoms with Crippen LogP contribution in [0.2, 0.25) is 0 Å². The Bertz CT molecular complexity index is 1360. The van der Waals surface area contributed by atoms with Gasteiger partial charge in [-0.15, -0.1) is 0 Å². The summed E-state index contributed by atoms with van der Waals surface area (Å²) in [5.41, 5.74) is 0. The fraction of sp³-hybridized carbons (Fsp3) is 0.885. The summed E-state index contributed by atoms with van der Waals surface area (Å²) in [6.45, 7) is 9.06. The summed E-state index contributed by atoms with van der Waals surface area (Å²) >= 11 is 0. The van der Waals surface area contributed by atoms with E-state index in [-0.39, 0.29) is 29.8 Å². The average Bonchev–Trinajstić information content (AvgIpc) is 3.54. The zero-order chi connectivity index (χ0) is 64.7. The zero-order valence-electron chi connectivity index (χ0n) is 59.6. The fourth-order valence-corrected chi connectivity index (χ4v) is 10.8. The van der Waals surface area contributed by atoms with Crippen molar-refractivity contribution in [3.63, 3.8) is 0 Å². The molecule has 0 aliphatic rings. The van der Waals surface area contributed by atoms with Crippen molar-refractivity contribution >= 4 is 30.2 Å². The molecular weight excluding hydrogens is 1080 g/mol. The molecule has 0 N–H and O–H groups in total. The first-order valence-corrected chi connectivity index (χ1v) is 37.7. The number of rotatable bonds is 64. The summed E-state index contributed by atoms with van der Waals surface area (Å²) in [5.74, 6) is -0.0425. The molecule has 0 aliphatic heterocycles. The van der Waals surface area contributed by atoms with Crippen LogP contribution in [0, 0.1) is 5.92 Å². The van der Waals surface area contributed by atoms with E-state index in [1.165, 1.54) is 330 Å². The molecule has 1 atom stereocenters. The maximum atomic E-state index is 11.2. The molecule has 0 heterocycles. The summed E-state index contributed by atoms with van der Waals surface area (Å²) < 4.78 is 18.5. The molecule has 0 radical (unpaired) electrons. The highest BCUT2D eigenvalue weighted by Crippen LogP contribution is 2.19. The zero-order valence-corrected chi connectivity index (χ0v) is 59.6. The van der Waals surface area contributed by atoms with Crippen molar-refractivity contribution < 1.29 is 42.9 Å². The summed E-state index contributed by atoms with van der Waals surface area (Å²) in [6, 6.07) is 0. The maximum absolute atomic E-state index is 11.2. The van der Waals surface area contributed by atoms with E-state index in [1.807, 2.05) is 0 Å². The summed E-state index contributed by atoms with van der Waals surface area (Å²) in [5, 5.41) is 0. The third kappa shape index (κ3) is 89.5. The Labute approximate surface area is 542 Å². The van der Waals surface area contributed by atoms with E-state index in [0.29, 0.717) is 25.7 Å².